The summed E-state index contributed by atoms with van der Waals surface area (Å²) in [6.45, 7) is 0.831. The summed E-state index contributed by atoms with van der Waals surface area (Å²) in [4.78, 5) is 39.9. The average molecular weight is 523 g/mol. The van der Waals surface area contributed by atoms with Crippen LogP contribution < -0.4 is 20.9 Å². The van der Waals surface area contributed by atoms with E-state index in [9.17, 15) is 27.6 Å². The molecule has 0 N–H and O–H groups in total. The van der Waals surface area contributed by atoms with Crippen LogP contribution in [0.4, 0.5) is 19.0 Å². The normalized spacial score (nSPS) is 14.7. The van der Waals surface area contributed by atoms with Crippen LogP contribution in [0, 0.1) is 0 Å². The van der Waals surface area contributed by atoms with Crippen LogP contribution in [-0.2, 0) is 19.8 Å². The fraction of sp³-hybridized carbons (Fsp3) is 0.417. The summed E-state index contributed by atoms with van der Waals surface area (Å²) in [5.74, 6) is -0.142. The largest absolute Gasteiger partial charge is 0.490 e. The van der Waals surface area contributed by atoms with Crippen molar-refractivity contribution in [3.63, 3.8) is 0 Å². The molecule has 0 bridgehead atoms. The van der Waals surface area contributed by atoms with Crippen LogP contribution in [-0.4, -0.2) is 39.3 Å². The van der Waals surface area contributed by atoms with Crippen molar-refractivity contribution in [1.82, 2.24) is 14.3 Å². The van der Waals surface area contributed by atoms with E-state index in [1.807, 2.05) is 5.38 Å². The highest BCUT2D eigenvalue weighted by Gasteiger charge is 2.35. The number of alkyl halides is 3. The van der Waals surface area contributed by atoms with Gasteiger partial charge >= 0.3 is 11.9 Å². The Balaban J connectivity index is 1.42. The number of hydrogen-bond donors (Lipinski definition) is 0. The SMILES string of the molecule is Cn1c(=O)c(N2CCC(Oc3ccccc3C(F)(F)F)CC2)nn(CCCC(=O)c2cccs2)c1=O. The minimum Gasteiger partial charge on any atom is -0.490 e. The van der Waals surface area contributed by atoms with Crippen molar-refractivity contribution in [2.45, 2.75) is 44.5 Å². The molecule has 0 spiro atoms. The van der Waals surface area contributed by atoms with Crippen LogP contribution >= 0.6 is 11.3 Å². The Kier molecular flexibility index (Phi) is 7.62. The molecule has 1 aliphatic rings. The third-order valence-corrected chi connectivity index (χ3v) is 6.93. The first-order chi connectivity index (χ1) is 17.1. The lowest BCUT2D eigenvalue weighted by atomic mass is 10.1. The first kappa shape index (κ1) is 25.7. The number of nitrogens with zero attached hydrogens (tertiary/aromatic N) is 4. The van der Waals surface area contributed by atoms with Crippen LogP contribution in [0.3, 0.4) is 0 Å². The molecule has 1 aromatic carbocycles. The summed E-state index contributed by atoms with van der Waals surface area (Å²) in [6, 6.07) is 8.63. The smallest absolute Gasteiger partial charge is 0.419 e. The number of para-hydroxylation sites is 1. The second kappa shape index (κ2) is 10.7. The van der Waals surface area contributed by atoms with Gasteiger partial charge in [0.15, 0.2) is 5.78 Å². The van der Waals surface area contributed by atoms with Crippen molar-refractivity contribution in [3.05, 3.63) is 73.1 Å². The highest BCUT2D eigenvalue weighted by atomic mass is 32.1. The lowest BCUT2D eigenvalue weighted by Gasteiger charge is -2.33. The third-order valence-electron chi connectivity index (χ3n) is 6.02. The van der Waals surface area contributed by atoms with Gasteiger partial charge in [0.2, 0.25) is 5.82 Å². The molecule has 12 heteroatoms. The number of ketones is 1. The van der Waals surface area contributed by atoms with Gasteiger partial charge in [-0.2, -0.15) is 13.2 Å². The van der Waals surface area contributed by atoms with E-state index in [2.05, 4.69) is 5.10 Å². The molecule has 1 saturated heterocycles. The van der Waals surface area contributed by atoms with Gasteiger partial charge in [-0.05, 0) is 30.0 Å². The number of carbonyl (C=O) groups excluding carboxylic acids is 1. The second-order valence-electron chi connectivity index (χ2n) is 8.50. The monoisotopic (exact) mass is 522 g/mol. The third kappa shape index (κ3) is 5.69. The fourth-order valence-electron chi connectivity index (χ4n) is 4.07. The summed E-state index contributed by atoms with van der Waals surface area (Å²) in [6.07, 6.45) is -3.58. The number of ether oxygens (including phenoxy) is 1. The Morgan fingerprint density at radius 3 is 2.53 bits per heavy atom. The molecule has 1 fully saturated rings. The number of rotatable bonds is 8. The van der Waals surface area contributed by atoms with Gasteiger partial charge in [0.1, 0.15) is 11.9 Å². The van der Waals surface area contributed by atoms with Crippen LogP contribution in [0.1, 0.15) is 40.9 Å². The van der Waals surface area contributed by atoms with E-state index in [1.54, 1.807) is 17.0 Å². The van der Waals surface area contributed by atoms with Gasteiger partial charge in [-0.25, -0.2) is 9.48 Å². The summed E-state index contributed by atoms with van der Waals surface area (Å²) >= 11 is 1.36. The van der Waals surface area contributed by atoms with Crippen LogP contribution in [0.25, 0.3) is 0 Å². The molecule has 8 nitrogen and oxygen atoms in total. The summed E-state index contributed by atoms with van der Waals surface area (Å²) in [5, 5.41) is 6.09. The van der Waals surface area contributed by atoms with Crippen molar-refractivity contribution < 1.29 is 22.7 Å². The zero-order valence-corrected chi connectivity index (χ0v) is 20.3. The van der Waals surface area contributed by atoms with Gasteiger partial charge in [0.25, 0.3) is 5.56 Å². The Bertz CT molecular complexity index is 1330. The standard InChI is InChI=1S/C24H25F3N4O4S/c1-29-22(33)21(28-31(23(29)34)12-4-7-18(32)20-9-5-15-36-20)30-13-10-16(11-14-30)35-19-8-3-2-6-17(19)24(25,26)27/h2-3,5-6,8-9,15-16H,4,7,10-14H2,1H3. The molecule has 36 heavy (non-hydrogen) atoms. The molecule has 0 atom stereocenters. The molecule has 0 saturated carbocycles. The van der Waals surface area contributed by atoms with Crippen LogP contribution in [0.5, 0.6) is 5.75 Å². The van der Waals surface area contributed by atoms with E-state index < -0.39 is 29.1 Å². The number of piperidine rings is 1. The summed E-state index contributed by atoms with van der Waals surface area (Å²) in [5.41, 5.74) is -1.95. The Labute approximate surface area is 208 Å². The van der Waals surface area contributed by atoms with Crippen molar-refractivity contribution in [2.24, 2.45) is 7.05 Å². The average Bonchev–Trinajstić information content (AvgIpc) is 3.40. The predicted octanol–water partition coefficient (Wildman–Crippen LogP) is 3.73. The molecule has 1 aliphatic heterocycles. The van der Waals surface area contributed by atoms with E-state index >= 15 is 0 Å². The topological polar surface area (TPSA) is 86.4 Å². The molecule has 0 radical (unpaired) electrons. The van der Waals surface area contributed by atoms with Crippen LogP contribution in [0.15, 0.2) is 51.4 Å². The first-order valence-electron chi connectivity index (χ1n) is 11.5. The van der Waals surface area contributed by atoms with E-state index in [1.165, 1.54) is 41.3 Å². The maximum atomic E-state index is 13.3. The number of halogens is 3. The maximum absolute atomic E-state index is 13.3. The lowest BCUT2D eigenvalue weighted by molar-refractivity contribution is -0.139. The summed E-state index contributed by atoms with van der Waals surface area (Å²) < 4.78 is 47.6. The highest BCUT2D eigenvalue weighted by Crippen LogP contribution is 2.37. The second-order valence-corrected chi connectivity index (χ2v) is 9.44. The Morgan fingerprint density at radius 1 is 1.14 bits per heavy atom. The number of Topliss-reactive ketones (excluding diaryl/α,β-unsaturated/α-hetero) is 1. The number of thiophene rings is 1. The molecule has 3 aromatic rings. The van der Waals surface area contributed by atoms with Gasteiger partial charge in [-0.3, -0.25) is 14.2 Å². The predicted molar refractivity (Wildman–Crippen MR) is 129 cm³/mol. The van der Waals surface area contributed by atoms with Gasteiger partial charge in [-0.1, -0.05) is 18.2 Å². The van der Waals surface area contributed by atoms with E-state index in [0.29, 0.717) is 37.2 Å². The number of carbonyl (C=O) groups is 1. The molecule has 4 rings (SSSR count). The molecule has 2 aromatic heterocycles. The van der Waals surface area contributed by atoms with Crippen molar-refractivity contribution >= 4 is 22.9 Å². The van der Waals surface area contributed by atoms with Crippen molar-refractivity contribution in [3.8, 4) is 5.75 Å². The van der Waals surface area contributed by atoms with E-state index in [0.717, 1.165) is 10.6 Å². The van der Waals surface area contributed by atoms with Gasteiger partial charge in [0, 0.05) is 45.9 Å². The van der Waals surface area contributed by atoms with Gasteiger partial charge in [-0.15, -0.1) is 16.4 Å². The number of benzene rings is 1. The molecule has 3 heterocycles. The van der Waals surface area contributed by atoms with Crippen molar-refractivity contribution in [2.75, 3.05) is 18.0 Å². The highest BCUT2D eigenvalue weighted by molar-refractivity contribution is 7.12. The molecular formula is C24H25F3N4O4S. The zero-order chi connectivity index (χ0) is 25.9. The first-order valence-corrected chi connectivity index (χ1v) is 12.4. The van der Waals surface area contributed by atoms with Crippen molar-refractivity contribution in [1.29, 1.82) is 0 Å². The molecule has 192 valence electrons. The number of aryl methyl sites for hydroxylation is 1. The van der Waals surface area contributed by atoms with Gasteiger partial charge < -0.3 is 9.64 Å². The zero-order valence-electron chi connectivity index (χ0n) is 19.5. The Morgan fingerprint density at radius 2 is 1.86 bits per heavy atom. The summed E-state index contributed by atoms with van der Waals surface area (Å²) in [7, 11) is 1.37. The quantitative estimate of drug-likeness (QED) is 0.419. The minimum absolute atomic E-state index is 0.0164. The number of anilines is 1. The minimum atomic E-state index is -4.52. The molecule has 0 amide bonds. The van der Waals surface area contributed by atoms with Crippen LogP contribution in [0.2, 0.25) is 0 Å². The fourth-order valence-corrected chi connectivity index (χ4v) is 4.77. The number of hydrogen-bond acceptors (Lipinski definition) is 7. The maximum Gasteiger partial charge on any atom is 0.419 e. The Hall–Kier alpha value is -3.41. The molecule has 0 unspecified atom stereocenters. The lowest BCUT2D eigenvalue weighted by Crippen LogP contribution is -2.47. The van der Waals surface area contributed by atoms with E-state index in [-0.39, 0.29) is 30.3 Å². The molecule has 0 aliphatic carbocycles. The van der Waals surface area contributed by atoms with E-state index in [4.69, 9.17) is 4.74 Å². The molecular weight excluding hydrogens is 497 g/mol. The number of aromatic nitrogens is 3. The van der Waals surface area contributed by atoms with Gasteiger partial charge in [0.05, 0.1) is 10.4 Å².